The van der Waals surface area contributed by atoms with Crippen LogP contribution in [-0.2, 0) is 16.6 Å². The standard InChI is InChI=1S/C13H17FN6O2S/c1-2-23(21,22)18-6-12-8-19(7-11-5-15-9-20(11)12)13-16-3-10(14)4-17-13/h3-5,9,12,18H,2,6-8H2,1H3/t12-/m0/s1. The molecule has 23 heavy (non-hydrogen) atoms. The van der Waals surface area contributed by atoms with Gasteiger partial charge in [-0.25, -0.2) is 32.5 Å². The molecular weight excluding hydrogens is 323 g/mol. The molecule has 0 aliphatic carbocycles. The Labute approximate surface area is 133 Å². The average molecular weight is 340 g/mol. The van der Waals surface area contributed by atoms with Crippen molar-refractivity contribution in [1.29, 1.82) is 0 Å². The third kappa shape index (κ3) is 3.48. The van der Waals surface area contributed by atoms with Crippen LogP contribution in [0, 0.1) is 5.82 Å². The molecule has 0 radical (unpaired) electrons. The van der Waals surface area contributed by atoms with E-state index < -0.39 is 15.8 Å². The second-order valence-corrected chi connectivity index (χ2v) is 7.38. The topological polar surface area (TPSA) is 93.0 Å². The Bertz CT molecular complexity index is 776. The van der Waals surface area contributed by atoms with Gasteiger partial charge in [-0.3, -0.25) is 0 Å². The summed E-state index contributed by atoms with van der Waals surface area (Å²) >= 11 is 0. The fourth-order valence-corrected chi connectivity index (χ4v) is 3.15. The molecular formula is C13H17FN6O2S. The smallest absolute Gasteiger partial charge is 0.225 e. The van der Waals surface area contributed by atoms with E-state index in [2.05, 4.69) is 19.7 Å². The van der Waals surface area contributed by atoms with E-state index in [0.29, 0.717) is 19.0 Å². The van der Waals surface area contributed by atoms with Crippen LogP contribution in [0.4, 0.5) is 10.3 Å². The zero-order valence-corrected chi connectivity index (χ0v) is 13.4. The minimum absolute atomic E-state index is 0.0291. The molecule has 2 aromatic rings. The lowest BCUT2D eigenvalue weighted by Gasteiger charge is -2.34. The van der Waals surface area contributed by atoms with Gasteiger partial charge < -0.3 is 9.47 Å². The highest BCUT2D eigenvalue weighted by atomic mass is 32.2. The van der Waals surface area contributed by atoms with E-state index in [1.165, 1.54) is 0 Å². The van der Waals surface area contributed by atoms with Gasteiger partial charge in [0.15, 0.2) is 5.82 Å². The van der Waals surface area contributed by atoms with Gasteiger partial charge in [0.05, 0.1) is 42.8 Å². The molecule has 3 rings (SSSR count). The zero-order chi connectivity index (χ0) is 16.4. The summed E-state index contributed by atoms with van der Waals surface area (Å²) in [6.45, 7) is 2.87. The highest BCUT2D eigenvalue weighted by Gasteiger charge is 2.27. The molecule has 0 spiro atoms. The highest BCUT2D eigenvalue weighted by molar-refractivity contribution is 7.89. The van der Waals surface area contributed by atoms with Gasteiger partial charge in [-0.05, 0) is 6.92 Å². The summed E-state index contributed by atoms with van der Waals surface area (Å²) < 4.78 is 40.8. The fourth-order valence-electron chi connectivity index (χ4n) is 2.49. The Morgan fingerprint density at radius 3 is 2.78 bits per heavy atom. The van der Waals surface area contributed by atoms with Crippen LogP contribution in [0.25, 0.3) is 0 Å². The molecule has 1 atom stereocenters. The van der Waals surface area contributed by atoms with Crippen molar-refractivity contribution in [1.82, 2.24) is 24.2 Å². The minimum Gasteiger partial charge on any atom is -0.333 e. The van der Waals surface area contributed by atoms with Gasteiger partial charge in [0, 0.05) is 19.3 Å². The molecule has 3 heterocycles. The van der Waals surface area contributed by atoms with Gasteiger partial charge in [0.25, 0.3) is 0 Å². The number of halogens is 1. The number of rotatable bonds is 5. The predicted octanol–water partition coefficient (Wildman–Crippen LogP) is 0.313. The first-order chi connectivity index (χ1) is 11.0. The Morgan fingerprint density at radius 1 is 1.35 bits per heavy atom. The first kappa shape index (κ1) is 15.8. The molecule has 1 aliphatic rings. The SMILES string of the molecule is CCS(=O)(=O)NC[C@H]1CN(c2ncc(F)cn2)Cc2cncn21. The molecule has 1 N–H and O–H groups in total. The number of sulfonamides is 1. The minimum atomic E-state index is -3.28. The average Bonchev–Trinajstić information content (AvgIpc) is 3.02. The molecule has 2 aromatic heterocycles. The molecule has 10 heteroatoms. The molecule has 1 aliphatic heterocycles. The summed E-state index contributed by atoms with van der Waals surface area (Å²) in [5.41, 5.74) is 0.921. The Kier molecular flexibility index (Phi) is 4.26. The molecule has 0 amide bonds. The highest BCUT2D eigenvalue weighted by Crippen LogP contribution is 2.23. The number of aromatic nitrogens is 4. The van der Waals surface area contributed by atoms with Crippen molar-refractivity contribution in [2.24, 2.45) is 0 Å². The molecule has 0 saturated carbocycles. The molecule has 0 aromatic carbocycles. The van der Waals surface area contributed by atoms with E-state index in [1.807, 2.05) is 9.47 Å². The van der Waals surface area contributed by atoms with Crippen molar-refractivity contribution in [3.63, 3.8) is 0 Å². The number of fused-ring (bicyclic) bond motifs is 1. The molecule has 0 unspecified atom stereocenters. The van der Waals surface area contributed by atoms with Gasteiger partial charge >= 0.3 is 0 Å². The molecule has 124 valence electrons. The molecule has 0 saturated heterocycles. The number of imidazole rings is 1. The summed E-state index contributed by atoms with van der Waals surface area (Å²) in [6.07, 6.45) is 5.63. The maximum absolute atomic E-state index is 13.0. The summed E-state index contributed by atoms with van der Waals surface area (Å²) in [5.74, 6) is -0.0633. The van der Waals surface area contributed by atoms with E-state index in [0.717, 1.165) is 18.1 Å². The number of nitrogens with one attached hydrogen (secondary N) is 1. The summed E-state index contributed by atoms with van der Waals surface area (Å²) in [4.78, 5) is 14.0. The first-order valence-electron chi connectivity index (χ1n) is 7.19. The van der Waals surface area contributed by atoms with Crippen LogP contribution < -0.4 is 9.62 Å². The third-order valence-corrected chi connectivity index (χ3v) is 5.10. The first-order valence-corrected chi connectivity index (χ1v) is 8.84. The zero-order valence-electron chi connectivity index (χ0n) is 12.6. The second kappa shape index (κ2) is 6.20. The largest absolute Gasteiger partial charge is 0.333 e. The van der Waals surface area contributed by atoms with E-state index in [1.54, 1.807) is 19.4 Å². The lowest BCUT2D eigenvalue weighted by molar-refractivity contribution is 0.428. The number of nitrogens with zero attached hydrogens (tertiary/aromatic N) is 5. The van der Waals surface area contributed by atoms with Gasteiger partial charge in [-0.15, -0.1) is 0 Å². The Hall–Kier alpha value is -2.07. The van der Waals surface area contributed by atoms with E-state index in [4.69, 9.17) is 0 Å². The van der Waals surface area contributed by atoms with Gasteiger partial charge in [0.1, 0.15) is 0 Å². The van der Waals surface area contributed by atoms with Crippen molar-refractivity contribution in [2.75, 3.05) is 23.7 Å². The van der Waals surface area contributed by atoms with E-state index >= 15 is 0 Å². The van der Waals surface area contributed by atoms with Gasteiger partial charge in [0.2, 0.25) is 16.0 Å². The monoisotopic (exact) mass is 340 g/mol. The maximum atomic E-state index is 13.0. The summed E-state index contributed by atoms with van der Waals surface area (Å²) in [6, 6.07) is -0.142. The predicted molar refractivity (Wildman–Crippen MR) is 81.8 cm³/mol. The lowest BCUT2D eigenvalue weighted by Crippen LogP contribution is -2.43. The van der Waals surface area contributed by atoms with Crippen LogP contribution in [0.2, 0.25) is 0 Å². The normalized spacial score (nSPS) is 18.0. The number of hydrogen-bond donors (Lipinski definition) is 1. The van der Waals surface area contributed by atoms with Gasteiger partial charge in [-0.1, -0.05) is 0 Å². The van der Waals surface area contributed by atoms with Crippen LogP contribution >= 0.6 is 0 Å². The lowest BCUT2D eigenvalue weighted by atomic mass is 10.2. The van der Waals surface area contributed by atoms with Crippen molar-refractivity contribution in [2.45, 2.75) is 19.5 Å². The van der Waals surface area contributed by atoms with Gasteiger partial charge in [-0.2, -0.15) is 0 Å². The fraction of sp³-hybridized carbons (Fsp3) is 0.462. The molecule has 0 fully saturated rings. The van der Waals surface area contributed by atoms with E-state index in [9.17, 15) is 12.8 Å². The van der Waals surface area contributed by atoms with Crippen molar-refractivity contribution >= 4 is 16.0 Å². The maximum Gasteiger partial charge on any atom is 0.225 e. The number of anilines is 1. The molecule has 8 nitrogen and oxygen atoms in total. The van der Waals surface area contributed by atoms with Crippen LogP contribution in [0.15, 0.2) is 24.9 Å². The van der Waals surface area contributed by atoms with Crippen molar-refractivity contribution < 1.29 is 12.8 Å². The summed E-state index contributed by atoms with van der Waals surface area (Å²) in [7, 11) is -3.28. The molecule has 0 bridgehead atoms. The van der Waals surface area contributed by atoms with Crippen LogP contribution in [-0.4, -0.2) is 46.8 Å². The Balaban J connectivity index is 1.81. The second-order valence-electron chi connectivity index (χ2n) is 5.28. The summed E-state index contributed by atoms with van der Waals surface area (Å²) in [5, 5.41) is 0. The van der Waals surface area contributed by atoms with Crippen molar-refractivity contribution in [3.8, 4) is 0 Å². The van der Waals surface area contributed by atoms with Crippen LogP contribution in [0.5, 0.6) is 0 Å². The quantitative estimate of drug-likeness (QED) is 0.842. The third-order valence-electron chi connectivity index (χ3n) is 3.73. The van der Waals surface area contributed by atoms with Crippen LogP contribution in [0.1, 0.15) is 18.7 Å². The van der Waals surface area contributed by atoms with Crippen molar-refractivity contribution in [3.05, 3.63) is 36.4 Å². The number of hydrogen-bond acceptors (Lipinski definition) is 6. The van der Waals surface area contributed by atoms with Crippen LogP contribution in [0.3, 0.4) is 0 Å². The Morgan fingerprint density at radius 2 is 2.09 bits per heavy atom. The van der Waals surface area contributed by atoms with E-state index in [-0.39, 0.29) is 18.3 Å².